The highest BCUT2D eigenvalue weighted by Gasteiger charge is 2.48. The lowest BCUT2D eigenvalue weighted by Gasteiger charge is -2.48. The standard InChI is InChI=1S/C63H67BN2/c1-40-23-24-43(41-19-15-13-16-20-41)33-53(40)66-54-34-44(42-21-17-14-18-22-42)25-28-51(54)64-52-38-49-50(63(11,12)32-31-62(49,9)10)39-55(52)65(56-35-45(59(2,3)4)36-57(66)58(56)64)46-26-27-47-48(37-46)61(7,8)30-29-60(47,5)6/h13-28,33-39H,29-32H2,1-12H3. The van der Waals surface area contributed by atoms with Crippen molar-refractivity contribution in [3.05, 3.63) is 173 Å². The van der Waals surface area contributed by atoms with Gasteiger partial charge in [0.15, 0.2) is 0 Å². The van der Waals surface area contributed by atoms with E-state index in [0.717, 1.165) is 0 Å². The molecule has 0 spiro atoms. The molecule has 2 aliphatic heterocycles. The summed E-state index contributed by atoms with van der Waals surface area (Å²) in [5, 5.41) is 0. The van der Waals surface area contributed by atoms with Crippen LogP contribution in [0.1, 0.15) is 135 Å². The summed E-state index contributed by atoms with van der Waals surface area (Å²) in [6, 6.07) is 54.3. The van der Waals surface area contributed by atoms with Gasteiger partial charge in [-0.25, -0.2) is 0 Å². The fourth-order valence-electron chi connectivity index (χ4n) is 12.2. The zero-order valence-corrected chi connectivity index (χ0v) is 41.6. The van der Waals surface area contributed by atoms with E-state index in [9.17, 15) is 0 Å². The summed E-state index contributed by atoms with van der Waals surface area (Å²) in [6.45, 7) is 29.3. The van der Waals surface area contributed by atoms with Crippen molar-refractivity contribution in [1.82, 2.24) is 0 Å². The van der Waals surface area contributed by atoms with Gasteiger partial charge in [0, 0.05) is 34.1 Å². The van der Waals surface area contributed by atoms with E-state index in [0.29, 0.717) is 0 Å². The highest BCUT2D eigenvalue weighted by atomic mass is 15.2. The van der Waals surface area contributed by atoms with Gasteiger partial charge in [-0.15, -0.1) is 0 Å². The molecule has 0 amide bonds. The Bertz CT molecular complexity index is 3090. The average molecular weight is 863 g/mol. The molecule has 2 heterocycles. The summed E-state index contributed by atoms with van der Waals surface area (Å²) < 4.78 is 0. The van der Waals surface area contributed by atoms with Crippen LogP contribution in [-0.4, -0.2) is 6.71 Å². The van der Waals surface area contributed by atoms with Gasteiger partial charge < -0.3 is 9.80 Å². The molecule has 7 aromatic rings. The van der Waals surface area contributed by atoms with Crippen molar-refractivity contribution in [3.8, 4) is 22.3 Å². The number of hydrogen-bond donors (Lipinski definition) is 0. The van der Waals surface area contributed by atoms with Crippen LogP contribution in [-0.2, 0) is 27.1 Å². The van der Waals surface area contributed by atoms with E-state index >= 15 is 0 Å². The number of nitrogens with zero attached hydrogens (tertiary/aromatic N) is 2. The smallest absolute Gasteiger partial charge is 0.252 e. The number of aryl methyl sites for hydroxylation is 1. The van der Waals surface area contributed by atoms with Gasteiger partial charge in [-0.1, -0.05) is 173 Å². The Morgan fingerprint density at radius 2 is 0.894 bits per heavy atom. The van der Waals surface area contributed by atoms with Crippen molar-refractivity contribution in [1.29, 1.82) is 0 Å². The van der Waals surface area contributed by atoms with Gasteiger partial charge in [-0.2, -0.15) is 0 Å². The molecule has 11 rings (SSSR count). The Morgan fingerprint density at radius 1 is 0.409 bits per heavy atom. The summed E-state index contributed by atoms with van der Waals surface area (Å²) in [5.74, 6) is 0. The highest BCUT2D eigenvalue weighted by Crippen LogP contribution is 2.53. The van der Waals surface area contributed by atoms with Crippen molar-refractivity contribution < 1.29 is 0 Å². The molecule has 0 atom stereocenters. The van der Waals surface area contributed by atoms with E-state index in [4.69, 9.17) is 0 Å². The van der Waals surface area contributed by atoms with Gasteiger partial charge in [0.1, 0.15) is 0 Å². The lowest BCUT2D eigenvalue weighted by Crippen LogP contribution is -2.62. The molecule has 0 saturated carbocycles. The minimum absolute atomic E-state index is 0.0306. The van der Waals surface area contributed by atoms with Crippen LogP contribution in [0, 0.1) is 6.92 Å². The first kappa shape index (κ1) is 42.8. The van der Waals surface area contributed by atoms with E-state index in [-0.39, 0.29) is 33.8 Å². The van der Waals surface area contributed by atoms with E-state index < -0.39 is 0 Å². The third kappa shape index (κ3) is 6.65. The molecule has 332 valence electrons. The number of fused-ring (bicyclic) bond motifs is 6. The van der Waals surface area contributed by atoms with Crippen LogP contribution in [0.15, 0.2) is 140 Å². The summed E-state index contributed by atoms with van der Waals surface area (Å²) >= 11 is 0. The average Bonchev–Trinajstić information content (AvgIpc) is 3.29. The Kier molecular flexibility index (Phi) is 9.47. The van der Waals surface area contributed by atoms with Gasteiger partial charge in [-0.05, 0) is 174 Å². The van der Waals surface area contributed by atoms with Gasteiger partial charge in [0.2, 0.25) is 0 Å². The lowest BCUT2D eigenvalue weighted by atomic mass is 9.33. The van der Waals surface area contributed by atoms with Gasteiger partial charge in [0.05, 0.1) is 0 Å². The summed E-state index contributed by atoms with van der Waals surface area (Å²) in [4.78, 5) is 5.37. The molecule has 0 radical (unpaired) electrons. The Balaban J connectivity index is 1.28. The topological polar surface area (TPSA) is 6.48 Å². The highest BCUT2D eigenvalue weighted by molar-refractivity contribution is 7.00. The molecule has 0 N–H and O–H groups in total. The zero-order chi connectivity index (χ0) is 46.3. The molecule has 0 unspecified atom stereocenters. The fourth-order valence-corrected chi connectivity index (χ4v) is 12.2. The van der Waals surface area contributed by atoms with Crippen LogP contribution >= 0.6 is 0 Å². The molecule has 0 saturated heterocycles. The maximum atomic E-state index is 2.71. The Morgan fingerprint density at radius 3 is 1.47 bits per heavy atom. The quantitative estimate of drug-likeness (QED) is 0.163. The monoisotopic (exact) mass is 863 g/mol. The second-order valence-electron chi connectivity index (χ2n) is 24.0. The molecular formula is C63H67BN2. The summed E-state index contributed by atoms with van der Waals surface area (Å²) in [7, 11) is 0. The van der Waals surface area contributed by atoms with E-state index in [2.05, 4.69) is 232 Å². The van der Waals surface area contributed by atoms with Crippen molar-refractivity contribution in [2.75, 3.05) is 9.80 Å². The molecule has 3 heteroatoms. The first-order valence-corrected chi connectivity index (χ1v) is 24.7. The van der Waals surface area contributed by atoms with Crippen LogP contribution in [0.3, 0.4) is 0 Å². The normalized spacial score (nSPS) is 18.2. The van der Waals surface area contributed by atoms with E-state index in [1.807, 2.05) is 0 Å². The number of anilines is 6. The van der Waals surface area contributed by atoms with Crippen LogP contribution < -0.4 is 26.2 Å². The summed E-state index contributed by atoms with van der Waals surface area (Å²) in [6.07, 6.45) is 4.73. The van der Waals surface area contributed by atoms with Crippen molar-refractivity contribution in [3.63, 3.8) is 0 Å². The van der Waals surface area contributed by atoms with Crippen LogP contribution in [0.5, 0.6) is 0 Å². The molecule has 0 bridgehead atoms. The molecule has 7 aromatic carbocycles. The van der Waals surface area contributed by atoms with Crippen molar-refractivity contribution in [2.45, 2.75) is 136 Å². The number of hydrogen-bond acceptors (Lipinski definition) is 2. The van der Waals surface area contributed by atoms with Gasteiger partial charge in [-0.3, -0.25) is 0 Å². The first-order chi connectivity index (χ1) is 31.2. The van der Waals surface area contributed by atoms with Crippen LogP contribution in [0.25, 0.3) is 22.3 Å². The largest absolute Gasteiger partial charge is 0.311 e. The molecule has 2 nitrogen and oxygen atoms in total. The minimum atomic E-state index is -0.116. The molecule has 2 aliphatic carbocycles. The third-order valence-electron chi connectivity index (χ3n) is 16.7. The van der Waals surface area contributed by atoms with E-state index in [1.165, 1.54) is 132 Å². The van der Waals surface area contributed by atoms with Gasteiger partial charge in [0.25, 0.3) is 6.71 Å². The molecule has 4 aliphatic rings. The Hall–Kier alpha value is -5.80. The number of benzene rings is 7. The SMILES string of the molecule is Cc1ccc(-c2ccccc2)cc1N1c2cc(-c3ccccc3)ccc2B2c3cc4c(cc3N(c3ccc5c(c3)C(C)(C)CCC5(C)C)c3cc(C(C)(C)C)cc1c32)C(C)(C)CCC4(C)C. The van der Waals surface area contributed by atoms with Crippen molar-refractivity contribution in [2.24, 2.45) is 0 Å². The van der Waals surface area contributed by atoms with Crippen LogP contribution in [0.2, 0.25) is 0 Å². The lowest BCUT2D eigenvalue weighted by molar-refractivity contribution is 0.332. The molecular weight excluding hydrogens is 796 g/mol. The predicted molar refractivity (Wildman–Crippen MR) is 285 cm³/mol. The Labute approximate surface area is 396 Å². The second-order valence-corrected chi connectivity index (χ2v) is 24.0. The molecule has 66 heavy (non-hydrogen) atoms. The fraction of sp³-hybridized carbons (Fsp3) is 0.333. The second kappa shape index (κ2) is 14.6. The minimum Gasteiger partial charge on any atom is -0.311 e. The maximum Gasteiger partial charge on any atom is 0.252 e. The van der Waals surface area contributed by atoms with Crippen molar-refractivity contribution >= 4 is 57.2 Å². The summed E-state index contributed by atoms with van der Waals surface area (Å²) in [5.41, 5.74) is 25.5. The third-order valence-corrected chi connectivity index (χ3v) is 16.7. The zero-order valence-electron chi connectivity index (χ0n) is 41.6. The van der Waals surface area contributed by atoms with E-state index in [1.54, 1.807) is 0 Å². The maximum absolute atomic E-state index is 2.71. The van der Waals surface area contributed by atoms with Crippen LogP contribution in [0.4, 0.5) is 34.1 Å². The predicted octanol–water partition coefficient (Wildman–Crippen LogP) is 15.4. The molecule has 0 aromatic heterocycles. The van der Waals surface area contributed by atoms with Gasteiger partial charge >= 0.3 is 0 Å². The first-order valence-electron chi connectivity index (χ1n) is 24.7. The molecule has 0 fully saturated rings. The number of rotatable bonds is 4.